The van der Waals surface area contributed by atoms with E-state index in [1.807, 2.05) is 4.40 Å². The zero-order valence-corrected chi connectivity index (χ0v) is 13.9. The lowest BCUT2D eigenvalue weighted by Crippen LogP contribution is -2.06. The highest BCUT2D eigenvalue weighted by Gasteiger charge is 2.31. The molecular weight excluding hydrogens is 340 g/mol. The highest BCUT2D eigenvalue weighted by atomic mass is 79.9. The summed E-state index contributed by atoms with van der Waals surface area (Å²) in [5, 5.41) is 0.565. The zero-order chi connectivity index (χ0) is 14.4. The van der Waals surface area contributed by atoms with Crippen LogP contribution in [0.2, 0.25) is 5.15 Å². The quantitative estimate of drug-likeness (QED) is 0.873. The third-order valence-corrected chi connectivity index (χ3v) is 5.23. The molecule has 2 N–H and O–H groups in total. The predicted octanol–water partition coefficient (Wildman–Crippen LogP) is 4.27. The summed E-state index contributed by atoms with van der Waals surface area (Å²) in [7, 11) is 0. The fourth-order valence-corrected chi connectivity index (χ4v) is 4.00. The summed E-state index contributed by atoms with van der Waals surface area (Å²) >= 11 is 9.79. The first kappa shape index (κ1) is 14.1. The van der Waals surface area contributed by atoms with E-state index < -0.39 is 0 Å². The number of nitrogen functional groups attached to an aromatic ring is 1. The summed E-state index contributed by atoms with van der Waals surface area (Å²) in [5.74, 6) is 3.40. The van der Waals surface area contributed by atoms with Crippen molar-refractivity contribution in [3.63, 3.8) is 0 Å². The lowest BCUT2D eigenvalue weighted by atomic mass is 9.93. The second kappa shape index (κ2) is 5.19. The smallest absolute Gasteiger partial charge is 0.150 e. The lowest BCUT2D eigenvalue weighted by Gasteiger charge is -2.14. The molecule has 108 valence electrons. The fraction of sp³-hybridized carbons (Fsp3) is 0.571. The van der Waals surface area contributed by atoms with Crippen LogP contribution < -0.4 is 5.73 Å². The Labute approximate surface area is 131 Å². The van der Waals surface area contributed by atoms with Gasteiger partial charge in [-0.25, -0.2) is 9.97 Å². The van der Waals surface area contributed by atoms with Crippen molar-refractivity contribution in [3.8, 4) is 0 Å². The molecule has 1 aliphatic rings. The molecule has 1 saturated carbocycles. The minimum absolute atomic E-state index is 0.445. The van der Waals surface area contributed by atoms with E-state index in [-0.39, 0.29) is 0 Å². The predicted molar refractivity (Wildman–Crippen MR) is 85.0 cm³/mol. The molecule has 0 bridgehead atoms. The van der Waals surface area contributed by atoms with Crippen molar-refractivity contribution in [2.75, 3.05) is 5.73 Å². The molecule has 0 saturated heterocycles. The second-order valence-corrected chi connectivity index (χ2v) is 7.06. The van der Waals surface area contributed by atoms with Gasteiger partial charge in [-0.1, -0.05) is 25.4 Å². The maximum Gasteiger partial charge on any atom is 0.150 e. The Kier molecular flexibility index (Phi) is 3.67. The highest BCUT2D eigenvalue weighted by Crippen LogP contribution is 2.42. The number of hydrogen-bond donors (Lipinski definition) is 1. The molecule has 0 spiro atoms. The topological polar surface area (TPSA) is 56.2 Å². The normalized spacial score (nSPS) is 23.1. The molecule has 1 fully saturated rings. The Hall–Kier alpha value is -0.810. The van der Waals surface area contributed by atoms with Crippen molar-refractivity contribution in [3.05, 3.63) is 21.8 Å². The number of fused-ring (bicyclic) bond motifs is 1. The van der Waals surface area contributed by atoms with Gasteiger partial charge in [0.1, 0.15) is 21.1 Å². The number of aromatic nitrogens is 3. The Morgan fingerprint density at radius 1 is 1.45 bits per heavy atom. The first-order valence-corrected chi connectivity index (χ1v) is 8.14. The largest absolute Gasteiger partial charge is 0.382 e. The number of nitrogens with zero attached hydrogens (tertiary/aromatic N) is 3. The molecule has 0 aliphatic heterocycles. The van der Waals surface area contributed by atoms with E-state index >= 15 is 0 Å². The highest BCUT2D eigenvalue weighted by molar-refractivity contribution is 9.10. The van der Waals surface area contributed by atoms with Crippen molar-refractivity contribution in [1.29, 1.82) is 0 Å². The van der Waals surface area contributed by atoms with Crippen molar-refractivity contribution < 1.29 is 0 Å². The van der Waals surface area contributed by atoms with Gasteiger partial charge in [-0.05, 0) is 47.0 Å². The molecule has 20 heavy (non-hydrogen) atoms. The van der Waals surface area contributed by atoms with Gasteiger partial charge in [0.15, 0.2) is 5.82 Å². The van der Waals surface area contributed by atoms with Crippen LogP contribution in [0.25, 0.3) is 5.52 Å². The Bertz CT molecular complexity index is 652. The molecule has 4 nitrogen and oxygen atoms in total. The lowest BCUT2D eigenvalue weighted by molar-refractivity contribution is 0.390. The number of nitrogens with two attached hydrogens (primary N) is 1. The molecule has 0 unspecified atom stereocenters. The van der Waals surface area contributed by atoms with Gasteiger partial charge in [-0.2, -0.15) is 0 Å². The maximum atomic E-state index is 6.31. The summed E-state index contributed by atoms with van der Waals surface area (Å²) in [6, 6.07) is 0. The summed E-state index contributed by atoms with van der Waals surface area (Å²) in [4.78, 5) is 8.77. The van der Waals surface area contributed by atoms with Gasteiger partial charge < -0.3 is 5.73 Å². The van der Waals surface area contributed by atoms with Gasteiger partial charge >= 0.3 is 0 Å². The van der Waals surface area contributed by atoms with E-state index in [0.29, 0.717) is 16.9 Å². The van der Waals surface area contributed by atoms with Gasteiger partial charge in [0.25, 0.3) is 0 Å². The van der Waals surface area contributed by atoms with Gasteiger partial charge in [-0.15, -0.1) is 0 Å². The number of halogens is 2. The molecule has 6 heteroatoms. The van der Waals surface area contributed by atoms with Crippen LogP contribution in [0.1, 0.15) is 44.9 Å². The van der Waals surface area contributed by atoms with Crippen molar-refractivity contribution in [2.45, 2.75) is 39.0 Å². The average molecular weight is 358 g/mol. The Morgan fingerprint density at radius 3 is 2.85 bits per heavy atom. The van der Waals surface area contributed by atoms with Gasteiger partial charge in [-0.3, -0.25) is 4.40 Å². The van der Waals surface area contributed by atoms with Crippen molar-refractivity contribution in [1.82, 2.24) is 14.4 Å². The van der Waals surface area contributed by atoms with E-state index in [2.05, 4.69) is 39.7 Å². The van der Waals surface area contributed by atoms with Gasteiger partial charge in [0.2, 0.25) is 0 Å². The minimum atomic E-state index is 0.445. The summed E-state index contributed by atoms with van der Waals surface area (Å²) < 4.78 is 2.68. The van der Waals surface area contributed by atoms with Crippen LogP contribution in [-0.4, -0.2) is 14.4 Å². The standard InChI is InChI=1S/C14H18BrClN4/c1-7(2)8-3-4-9(5-8)14-19-12(15)11-13(17)18-6-10(16)20(11)14/h6-9H,3-5H2,1-2H3,(H2,17,18)/t8-,9+/m0/s1. The number of hydrogen-bond acceptors (Lipinski definition) is 3. The molecule has 3 rings (SSSR count). The summed E-state index contributed by atoms with van der Waals surface area (Å²) in [5.41, 5.74) is 6.73. The van der Waals surface area contributed by atoms with Crippen LogP contribution in [0.15, 0.2) is 10.8 Å². The molecular formula is C14H18BrClN4. The molecule has 0 radical (unpaired) electrons. The van der Waals surface area contributed by atoms with E-state index in [1.165, 1.54) is 12.8 Å². The first-order valence-electron chi connectivity index (χ1n) is 6.96. The number of imidazole rings is 1. The summed E-state index contributed by atoms with van der Waals surface area (Å²) in [6.45, 7) is 4.59. The Balaban J connectivity index is 2.07. The molecule has 2 heterocycles. The van der Waals surface area contributed by atoms with Gasteiger partial charge in [0, 0.05) is 5.92 Å². The molecule has 0 amide bonds. The fourth-order valence-electron chi connectivity index (χ4n) is 3.22. The van der Waals surface area contributed by atoms with E-state index in [0.717, 1.165) is 34.2 Å². The third-order valence-electron chi connectivity index (χ3n) is 4.41. The Morgan fingerprint density at radius 2 is 2.20 bits per heavy atom. The second-order valence-electron chi connectivity index (χ2n) is 5.93. The van der Waals surface area contributed by atoms with Crippen LogP contribution in [-0.2, 0) is 0 Å². The van der Waals surface area contributed by atoms with Crippen molar-refractivity contribution in [2.24, 2.45) is 11.8 Å². The maximum absolute atomic E-state index is 6.31. The van der Waals surface area contributed by atoms with Crippen LogP contribution in [0.4, 0.5) is 5.82 Å². The molecule has 1 aliphatic carbocycles. The van der Waals surface area contributed by atoms with Crippen LogP contribution in [0.5, 0.6) is 0 Å². The van der Waals surface area contributed by atoms with E-state index in [1.54, 1.807) is 6.20 Å². The monoisotopic (exact) mass is 356 g/mol. The van der Waals surface area contributed by atoms with Crippen molar-refractivity contribution >= 4 is 38.9 Å². The number of anilines is 1. The van der Waals surface area contributed by atoms with Crippen LogP contribution in [0, 0.1) is 11.8 Å². The molecule has 0 aromatic carbocycles. The average Bonchev–Trinajstić information content (AvgIpc) is 2.99. The van der Waals surface area contributed by atoms with E-state index in [4.69, 9.17) is 17.3 Å². The minimum Gasteiger partial charge on any atom is -0.382 e. The zero-order valence-electron chi connectivity index (χ0n) is 11.6. The third kappa shape index (κ3) is 2.21. The van der Waals surface area contributed by atoms with Crippen LogP contribution >= 0.6 is 27.5 Å². The van der Waals surface area contributed by atoms with Gasteiger partial charge in [0.05, 0.1) is 6.20 Å². The molecule has 2 aromatic rings. The SMILES string of the molecule is CC(C)[C@H]1CC[C@@H](c2nc(Br)c3c(N)ncc(Cl)n23)C1. The number of rotatable bonds is 2. The van der Waals surface area contributed by atoms with Crippen LogP contribution in [0.3, 0.4) is 0 Å². The summed E-state index contributed by atoms with van der Waals surface area (Å²) in [6.07, 6.45) is 5.18. The van der Waals surface area contributed by atoms with E-state index in [9.17, 15) is 0 Å². The first-order chi connectivity index (χ1) is 9.49. The molecule has 2 aromatic heterocycles. The molecule has 2 atom stereocenters.